The van der Waals surface area contributed by atoms with Crippen molar-refractivity contribution < 1.29 is 9.90 Å². The van der Waals surface area contributed by atoms with Gasteiger partial charge < -0.3 is 10.8 Å². The van der Waals surface area contributed by atoms with Gasteiger partial charge in [0.25, 0.3) is 0 Å². The highest BCUT2D eigenvalue weighted by molar-refractivity contribution is 6.30. The number of aliphatic carboxylic acids is 1. The number of rotatable bonds is 4. The average Bonchev–Trinajstić information content (AvgIpc) is 2.28. The lowest BCUT2D eigenvalue weighted by atomic mass is 9.90. The average molecular weight is 286 g/mol. The fraction of sp³-hybridized carbons (Fsp3) is 0.533. The highest BCUT2D eigenvalue weighted by Crippen LogP contribution is 2.21. The summed E-state index contributed by atoms with van der Waals surface area (Å²) in [5.74, 6) is -0.691. The van der Waals surface area contributed by atoms with E-state index in [4.69, 9.17) is 22.4 Å². The van der Waals surface area contributed by atoms with Gasteiger partial charge in [0.05, 0.1) is 0 Å². The number of benzene rings is 1. The quantitative estimate of drug-likeness (QED) is 0.876. The third kappa shape index (κ3) is 11.7. The molecular formula is C15H24ClNO2. The molecule has 3 N–H and O–H groups in total. The molecule has 0 radical (unpaired) electrons. The van der Waals surface area contributed by atoms with Crippen LogP contribution in [0.4, 0.5) is 0 Å². The predicted molar refractivity (Wildman–Crippen MR) is 80.3 cm³/mol. The summed E-state index contributed by atoms with van der Waals surface area (Å²) in [6.07, 6.45) is 2.08. The minimum absolute atomic E-state index is 0.273. The van der Waals surface area contributed by atoms with Gasteiger partial charge in [0.15, 0.2) is 0 Å². The first-order chi connectivity index (χ1) is 8.74. The Kier molecular flexibility index (Phi) is 8.44. The van der Waals surface area contributed by atoms with Crippen molar-refractivity contribution in [1.82, 2.24) is 0 Å². The van der Waals surface area contributed by atoms with Gasteiger partial charge in [0, 0.05) is 18.0 Å². The Morgan fingerprint density at radius 2 is 1.79 bits per heavy atom. The standard InChI is InChI=1S/C8H16O2.C7H8ClN/c1-8(2,3)6-4-5-7(9)10;8-7-3-1-6(5-9)2-4-7/h4-6H2,1-3H3,(H,9,10);1-4H,5,9H2. The molecule has 0 bridgehead atoms. The van der Waals surface area contributed by atoms with E-state index in [-0.39, 0.29) is 5.41 Å². The van der Waals surface area contributed by atoms with Crippen molar-refractivity contribution in [3.05, 3.63) is 34.9 Å². The number of halogens is 1. The van der Waals surface area contributed by atoms with Crippen LogP contribution in [0.1, 0.15) is 45.6 Å². The summed E-state index contributed by atoms with van der Waals surface area (Å²) in [6.45, 7) is 6.94. The molecule has 3 nitrogen and oxygen atoms in total. The first-order valence-electron chi connectivity index (χ1n) is 6.41. The zero-order chi connectivity index (χ0) is 14.9. The zero-order valence-corrected chi connectivity index (χ0v) is 12.7. The summed E-state index contributed by atoms with van der Waals surface area (Å²) in [7, 11) is 0. The highest BCUT2D eigenvalue weighted by Gasteiger charge is 2.09. The molecule has 4 heteroatoms. The second-order valence-corrected chi connectivity index (χ2v) is 6.07. The Morgan fingerprint density at radius 3 is 2.16 bits per heavy atom. The van der Waals surface area contributed by atoms with Crippen LogP contribution in [0.15, 0.2) is 24.3 Å². The fourth-order valence-corrected chi connectivity index (χ4v) is 1.52. The van der Waals surface area contributed by atoms with Gasteiger partial charge in [-0.3, -0.25) is 4.79 Å². The van der Waals surface area contributed by atoms with Gasteiger partial charge in [0.1, 0.15) is 0 Å². The summed E-state index contributed by atoms with van der Waals surface area (Å²) in [5.41, 5.74) is 6.74. The van der Waals surface area contributed by atoms with Gasteiger partial charge in [-0.25, -0.2) is 0 Å². The minimum Gasteiger partial charge on any atom is -0.481 e. The molecule has 0 aliphatic carbocycles. The molecule has 0 saturated heterocycles. The maximum absolute atomic E-state index is 10.1. The Bertz CT molecular complexity index is 369. The molecule has 108 valence electrons. The lowest BCUT2D eigenvalue weighted by Gasteiger charge is -2.16. The third-order valence-electron chi connectivity index (χ3n) is 2.47. The minimum atomic E-state index is -0.691. The van der Waals surface area contributed by atoms with Gasteiger partial charge in [-0.05, 0) is 36.0 Å². The van der Waals surface area contributed by atoms with Crippen LogP contribution in [0.25, 0.3) is 0 Å². The number of carboxylic acid groups (broad SMARTS) is 1. The van der Waals surface area contributed by atoms with E-state index in [1.807, 2.05) is 24.3 Å². The molecule has 1 aromatic carbocycles. The van der Waals surface area contributed by atoms with Crippen LogP contribution in [0, 0.1) is 5.41 Å². The second kappa shape index (κ2) is 8.94. The molecule has 0 heterocycles. The van der Waals surface area contributed by atoms with Gasteiger partial charge in [-0.1, -0.05) is 44.5 Å². The third-order valence-corrected chi connectivity index (χ3v) is 2.72. The molecule has 1 aromatic rings. The SMILES string of the molecule is CC(C)(C)CCCC(=O)O.NCc1ccc(Cl)cc1. The molecular weight excluding hydrogens is 262 g/mol. The van der Waals surface area contributed by atoms with Gasteiger partial charge in [-0.15, -0.1) is 0 Å². The van der Waals surface area contributed by atoms with Crippen LogP contribution in [-0.2, 0) is 11.3 Å². The van der Waals surface area contributed by atoms with Crippen LogP contribution < -0.4 is 5.73 Å². The topological polar surface area (TPSA) is 63.3 Å². The van der Waals surface area contributed by atoms with E-state index < -0.39 is 5.97 Å². The Balaban J connectivity index is 0.000000342. The summed E-state index contributed by atoms with van der Waals surface area (Å²) < 4.78 is 0. The van der Waals surface area contributed by atoms with E-state index in [2.05, 4.69) is 20.8 Å². The van der Waals surface area contributed by atoms with Crippen molar-refractivity contribution in [3.63, 3.8) is 0 Å². The Labute approximate surface area is 120 Å². The first-order valence-corrected chi connectivity index (χ1v) is 6.78. The molecule has 0 aliphatic rings. The summed E-state index contributed by atoms with van der Waals surface area (Å²) in [4.78, 5) is 10.1. The summed E-state index contributed by atoms with van der Waals surface area (Å²) in [5, 5.41) is 9.07. The van der Waals surface area contributed by atoms with Gasteiger partial charge in [0.2, 0.25) is 0 Å². The molecule has 1 rings (SSSR count). The van der Waals surface area contributed by atoms with Crippen molar-refractivity contribution in [3.8, 4) is 0 Å². The van der Waals surface area contributed by atoms with Crippen LogP contribution in [-0.4, -0.2) is 11.1 Å². The number of nitrogens with two attached hydrogens (primary N) is 1. The molecule has 0 atom stereocenters. The summed E-state index contributed by atoms with van der Waals surface area (Å²) in [6, 6.07) is 7.51. The van der Waals surface area contributed by atoms with E-state index in [0.717, 1.165) is 23.4 Å². The van der Waals surface area contributed by atoms with E-state index in [0.29, 0.717) is 13.0 Å². The summed E-state index contributed by atoms with van der Waals surface area (Å²) >= 11 is 5.63. The second-order valence-electron chi connectivity index (χ2n) is 5.64. The van der Waals surface area contributed by atoms with E-state index in [1.54, 1.807) is 0 Å². The highest BCUT2D eigenvalue weighted by atomic mass is 35.5. The number of carbonyl (C=O) groups is 1. The molecule has 0 amide bonds. The van der Waals surface area contributed by atoms with Gasteiger partial charge >= 0.3 is 5.97 Å². The smallest absolute Gasteiger partial charge is 0.303 e. The fourth-order valence-electron chi connectivity index (χ4n) is 1.39. The molecule has 0 unspecified atom stereocenters. The Hall–Kier alpha value is -1.06. The first kappa shape index (κ1) is 17.9. The molecule has 19 heavy (non-hydrogen) atoms. The molecule has 0 saturated carbocycles. The van der Waals surface area contributed by atoms with Crippen molar-refractivity contribution in [2.75, 3.05) is 0 Å². The lowest BCUT2D eigenvalue weighted by molar-refractivity contribution is -0.137. The molecule has 0 spiro atoms. The van der Waals surface area contributed by atoms with Crippen molar-refractivity contribution in [1.29, 1.82) is 0 Å². The van der Waals surface area contributed by atoms with Crippen molar-refractivity contribution >= 4 is 17.6 Å². The monoisotopic (exact) mass is 285 g/mol. The van der Waals surface area contributed by atoms with Crippen LogP contribution in [0.2, 0.25) is 5.02 Å². The molecule has 0 fully saturated rings. The number of carboxylic acids is 1. The van der Waals surface area contributed by atoms with E-state index >= 15 is 0 Å². The molecule has 0 aliphatic heterocycles. The Morgan fingerprint density at radius 1 is 1.26 bits per heavy atom. The number of hydrogen-bond donors (Lipinski definition) is 2. The van der Waals surface area contributed by atoms with Crippen molar-refractivity contribution in [2.24, 2.45) is 11.1 Å². The maximum Gasteiger partial charge on any atom is 0.303 e. The van der Waals surface area contributed by atoms with Crippen LogP contribution >= 0.6 is 11.6 Å². The van der Waals surface area contributed by atoms with Gasteiger partial charge in [-0.2, -0.15) is 0 Å². The lowest BCUT2D eigenvalue weighted by Crippen LogP contribution is -2.05. The van der Waals surface area contributed by atoms with Crippen molar-refractivity contribution in [2.45, 2.75) is 46.6 Å². The van der Waals surface area contributed by atoms with E-state index in [1.165, 1.54) is 0 Å². The molecule has 0 aromatic heterocycles. The van der Waals surface area contributed by atoms with Crippen LogP contribution in [0.3, 0.4) is 0 Å². The predicted octanol–water partition coefficient (Wildman–Crippen LogP) is 4.09. The largest absolute Gasteiger partial charge is 0.481 e. The number of hydrogen-bond acceptors (Lipinski definition) is 2. The maximum atomic E-state index is 10.1. The zero-order valence-electron chi connectivity index (χ0n) is 11.9. The normalized spacial score (nSPS) is 10.6. The van der Waals surface area contributed by atoms with Crippen LogP contribution in [0.5, 0.6) is 0 Å². The van der Waals surface area contributed by atoms with E-state index in [9.17, 15) is 4.79 Å².